The number of H-pyrrole nitrogens is 1. The second-order valence-electron chi connectivity index (χ2n) is 7.62. The molecular weight excluding hydrogens is 388 g/mol. The molecule has 4 rings (SSSR count). The molecule has 1 N–H and O–H groups in total. The lowest BCUT2D eigenvalue weighted by molar-refractivity contribution is -0.364. The zero-order valence-electron chi connectivity index (χ0n) is 16.7. The molecule has 0 atom stereocenters. The highest BCUT2D eigenvalue weighted by molar-refractivity contribution is 7.92. The second kappa shape index (κ2) is 8.02. The molecule has 0 bridgehead atoms. The van der Waals surface area contributed by atoms with Crippen LogP contribution in [0.1, 0.15) is 28.8 Å². The molecule has 2 fully saturated rings. The van der Waals surface area contributed by atoms with Crippen molar-refractivity contribution in [3.63, 3.8) is 0 Å². The minimum absolute atomic E-state index is 0.00200. The van der Waals surface area contributed by atoms with Gasteiger partial charge in [-0.25, -0.2) is 13.4 Å². The van der Waals surface area contributed by atoms with E-state index in [1.54, 1.807) is 12.1 Å². The first kappa shape index (κ1) is 19.7. The number of aryl methyl sites for hydroxylation is 1. The van der Waals surface area contributed by atoms with Gasteiger partial charge in [0.15, 0.2) is 0 Å². The molecule has 0 aliphatic carbocycles. The van der Waals surface area contributed by atoms with E-state index in [1.807, 2.05) is 42.3 Å². The number of rotatable bonds is 3. The van der Waals surface area contributed by atoms with Crippen LogP contribution in [-0.2, 0) is 10.0 Å². The van der Waals surface area contributed by atoms with Crippen LogP contribution in [0, 0.1) is 6.92 Å². The summed E-state index contributed by atoms with van der Waals surface area (Å²) in [5, 5.41) is 0. The highest BCUT2D eigenvalue weighted by atomic mass is 32.2. The van der Waals surface area contributed by atoms with Crippen molar-refractivity contribution in [2.24, 2.45) is 0 Å². The number of nitrogens with one attached hydrogen (secondary N) is 1. The van der Waals surface area contributed by atoms with Gasteiger partial charge in [-0.1, -0.05) is 6.07 Å². The lowest BCUT2D eigenvalue weighted by atomic mass is 10.1. The summed E-state index contributed by atoms with van der Waals surface area (Å²) in [6.45, 7) is 5.24. The summed E-state index contributed by atoms with van der Waals surface area (Å²) >= 11 is 0. The normalized spacial score (nSPS) is 19.3. The number of sulfonamides is 1. The van der Waals surface area contributed by atoms with Crippen LogP contribution in [0.25, 0.3) is 0 Å². The lowest BCUT2D eigenvalue weighted by Gasteiger charge is -2.32. The maximum absolute atomic E-state index is 13.0. The van der Waals surface area contributed by atoms with Crippen LogP contribution in [0.15, 0.2) is 42.6 Å². The molecule has 1 aromatic heterocycles. The van der Waals surface area contributed by atoms with Crippen LogP contribution in [0.5, 0.6) is 0 Å². The average molecular weight is 416 g/mol. The number of anilines is 2. The summed E-state index contributed by atoms with van der Waals surface area (Å²) in [7, 11) is -3.26. The SMILES string of the molecule is Cc1cc(C(=O)N2CCN(c3cccc[nH+]3)CC2)ccc1N1CCCCS1(=O)=O. The van der Waals surface area contributed by atoms with Gasteiger partial charge in [-0.15, -0.1) is 0 Å². The summed E-state index contributed by atoms with van der Waals surface area (Å²) in [5.41, 5.74) is 2.12. The monoisotopic (exact) mass is 415 g/mol. The topological polar surface area (TPSA) is 75.1 Å². The van der Waals surface area contributed by atoms with E-state index in [0.717, 1.165) is 30.9 Å². The van der Waals surface area contributed by atoms with Crippen molar-refractivity contribution in [1.82, 2.24) is 4.90 Å². The number of nitrogens with zero attached hydrogens (tertiary/aromatic N) is 3. The highest BCUT2D eigenvalue weighted by Gasteiger charge is 2.29. The van der Waals surface area contributed by atoms with Crippen molar-refractivity contribution in [3.05, 3.63) is 53.7 Å². The summed E-state index contributed by atoms with van der Waals surface area (Å²) < 4.78 is 26.3. The Kier molecular flexibility index (Phi) is 5.45. The van der Waals surface area contributed by atoms with Crippen LogP contribution in [0.4, 0.5) is 11.5 Å². The quantitative estimate of drug-likeness (QED) is 0.765. The Morgan fingerprint density at radius 1 is 1.00 bits per heavy atom. The zero-order valence-corrected chi connectivity index (χ0v) is 17.5. The molecular formula is C21H27N4O3S+. The molecule has 0 spiro atoms. The van der Waals surface area contributed by atoms with E-state index >= 15 is 0 Å². The number of hydrogen-bond acceptors (Lipinski definition) is 4. The molecule has 0 radical (unpaired) electrons. The number of aromatic nitrogens is 1. The first-order valence-electron chi connectivity index (χ1n) is 10.1. The predicted molar refractivity (Wildman–Crippen MR) is 113 cm³/mol. The minimum atomic E-state index is -3.26. The third-order valence-corrected chi connectivity index (χ3v) is 7.52. The molecule has 2 aliphatic heterocycles. The van der Waals surface area contributed by atoms with E-state index in [-0.39, 0.29) is 11.7 Å². The van der Waals surface area contributed by atoms with Gasteiger partial charge < -0.3 is 4.90 Å². The molecule has 2 aromatic rings. The lowest BCUT2D eigenvalue weighted by Crippen LogP contribution is -2.50. The molecule has 0 saturated carbocycles. The fourth-order valence-electron chi connectivity index (χ4n) is 4.04. The molecule has 2 aliphatic rings. The van der Waals surface area contributed by atoms with E-state index in [1.165, 1.54) is 4.31 Å². The zero-order chi connectivity index (χ0) is 20.4. The van der Waals surface area contributed by atoms with Crippen molar-refractivity contribution < 1.29 is 18.2 Å². The standard InChI is InChI=1S/C21H26N4O3S/c1-17-16-18(7-8-19(17)25-10-4-5-15-29(25,27)28)21(26)24-13-11-23(12-14-24)20-6-2-3-9-22-20/h2-3,6-9,16H,4-5,10-15H2,1H3/p+1. The number of carbonyl (C=O) groups is 1. The summed E-state index contributed by atoms with van der Waals surface area (Å²) in [6.07, 6.45) is 3.48. The Labute approximate surface area is 172 Å². The van der Waals surface area contributed by atoms with Crippen molar-refractivity contribution in [2.75, 3.05) is 47.7 Å². The van der Waals surface area contributed by atoms with E-state index < -0.39 is 10.0 Å². The number of piperazine rings is 1. The summed E-state index contributed by atoms with van der Waals surface area (Å²) in [5.74, 6) is 1.25. The molecule has 154 valence electrons. The number of hydrogen-bond donors (Lipinski definition) is 0. The van der Waals surface area contributed by atoms with Gasteiger partial charge >= 0.3 is 0 Å². The Morgan fingerprint density at radius 2 is 1.79 bits per heavy atom. The van der Waals surface area contributed by atoms with Gasteiger partial charge in [0.1, 0.15) is 13.1 Å². The third kappa shape index (κ3) is 4.07. The largest absolute Gasteiger partial charge is 0.331 e. The molecule has 3 heterocycles. The van der Waals surface area contributed by atoms with Gasteiger partial charge in [-0.05, 0) is 49.6 Å². The molecule has 2 saturated heterocycles. The van der Waals surface area contributed by atoms with Crippen molar-refractivity contribution in [1.29, 1.82) is 0 Å². The van der Waals surface area contributed by atoms with E-state index in [9.17, 15) is 13.2 Å². The van der Waals surface area contributed by atoms with Crippen molar-refractivity contribution in [3.8, 4) is 0 Å². The molecule has 8 heteroatoms. The number of amides is 1. The fraction of sp³-hybridized carbons (Fsp3) is 0.429. The molecule has 29 heavy (non-hydrogen) atoms. The molecule has 0 unspecified atom stereocenters. The predicted octanol–water partition coefficient (Wildman–Crippen LogP) is 1.70. The first-order valence-corrected chi connectivity index (χ1v) is 11.7. The van der Waals surface area contributed by atoms with Crippen LogP contribution >= 0.6 is 0 Å². The fourth-order valence-corrected chi connectivity index (χ4v) is 5.74. The van der Waals surface area contributed by atoms with Crippen molar-refractivity contribution in [2.45, 2.75) is 19.8 Å². The number of benzene rings is 1. The molecule has 7 nitrogen and oxygen atoms in total. The molecule has 1 amide bonds. The minimum Gasteiger partial charge on any atom is -0.331 e. The number of pyridine rings is 1. The Morgan fingerprint density at radius 3 is 2.45 bits per heavy atom. The number of aromatic amines is 1. The van der Waals surface area contributed by atoms with Gasteiger partial charge in [-0.2, -0.15) is 0 Å². The summed E-state index contributed by atoms with van der Waals surface area (Å²) in [6, 6.07) is 11.3. The average Bonchev–Trinajstić information content (AvgIpc) is 2.74. The maximum atomic E-state index is 13.0. The second-order valence-corrected chi connectivity index (χ2v) is 9.64. The van der Waals surface area contributed by atoms with E-state index in [0.29, 0.717) is 37.3 Å². The van der Waals surface area contributed by atoms with Crippen LogP contribution in [0.2, 0.25) is 0 Å². The van der Waals surface area contributed by atoms with E-state index in [2.05, 4.69) is 9.88 Å². The van der Waals surface area contributed by atoms with Gasteiger partial charge in [0.2, 0.25) is 10.0 Å². The Bertz CT molecular complexity index is 986. The van der Waals surface area contributed by atoms with Gasteiger partial charge in [0.25, 0.3) is 11.7 Å². The molecule has 1 aromatic carbocycles. The van der Waals surface area contributed by atoms with Crippen LogP contribution < -0.4 is 14.2 Å². The van der Waals surface area contributed by atoms with Gasteiger partial charge in [0.05, 0.1) is 30.7 Å². The Balaban J connectivity index is 1.45. The van der Waals surface area contributed by atoms with Gasteiger partial charge in [0, 0.05) is 18.2 Å². The first-order chi connectivity index (χ1) is 14.0. The highest BCUT2D eigenvalue weighted by Crippen LogP contribution is 2.28. The Hall–Kier alpha value is -2.61. The third-order valence-electron chi connectivity index (χ3n) is 5.66. The van der Waals surface area contributed by atoms with E-state index in [4.69, 9.17) is 0 Å². The number of carbonyl (C=O) groups excluding carboxylic acids is 1. The maximum Gasteiger partial charge on any atom is 0.274 e. The van der Waals surface area contributed by atoms with Crippen LogP contribution in [0.3, 0.4) is 0 Å². The van der Waals surface area contributed by atoms with Crippen molar-refractivity contribution >= 4 is 27.4 Å². The van der Waals surface area contributed by atoms with Crippen LogP contribution in [-0.4, -0.2) is 57.7 Å². The smallest absolute Gasteiger partial charge is 0.274 e. The summed E-state index contributed by atoms with van der Waals surface area (Å²) in [4.78, 5) is 20.3. The van der Waals surface area contributed by atoms with Gasteiger partial charge in [-0.3, -0.25) is 14.0 Å².